The number of piperazine rings is 1. The van der Waals surface area contributed by atoms with E-state index in [0.717, 1.165) is 37.9 Å². The first kappa shape index (κ1) is 16.4. The highest BCUT2D eigenvalue weighted by molar-refractivity contribution is 7.07. The molecule has 1 aromatic heterocycles. The summed E-state index contributed by atoms with van der Waals surface area (Å²) in [5.41, 5.74) is 0.759. The molecule has 3 aliphatic rings. The van der Waals surface area contributed by atoms with Gasteiger partial charge in [-0.3, -0.25) is 14.6 Å². The molecule has 1 saturated carbocycles. The first-order chi connectivity index (χ1) is 11.7. The van der Waals surface area contributed by atoms with E-state index in [4.69, 9.17) is 0 Å². The Labute approximate surface area is 148 Å². The number of carbonyl (C=O) groups is 1. The van der Waals surface area contributed by atoms with Gasteiger partial charge < -0.3 is 4.90 Å². The molecule has 2 saturated heterocycles. The van der Waals surface area contributed by atoms with Crippen LogP contribution in [0.25, 0.3) is 0 Å². The van der Waals surface area contributed by atoms with Gasteiger partial charge in [-0.2, -0.15) is 0 Å². The van der Waals surface area contributed by atoms with Gasteiger partial charge in [0.1, 0.15) is 4.88 Å². The normalized spacial score (nSPS) is 25.0. The number of rotatable bonds is 3. The molecule has 0 radical (unpaired) electrons. The van der Waals surface area contributed by atoms with Crippen molar-refractivity contribution < 1.29 is 4.79 Å². The minimum Gasteiger partial charge on any atom is -0.335 e. The molecule has 1 aromatic rings. The molecule has 0 unspecified atom stereocenters. The zero-order valence-corrected chi connectivity index (χ0v) is 15.3. The van der Waals surface area contributed by atoms with Gasteiger partial charge in [-0.25, -0.2) is 0 Å². The summed E-state index contributed by atoms with van der Waals surface area (Å²) in [5.74, 6) is 0.111. The number of aryl methyl sites for hydroxylation is 1. The fraction of sp³-hybridized carbons (Fsp3) is 0.824. The van der Waals surface area contributed by atoms with Crippen LogP contribution in [0.15, 0.2) is 0 Å². The molecule has 0 aromatic carbocycles. The van der Waals surface area contributed by atoms with E-state index in [1.807, 2.05) is 11.8 Å². The van der Waals surface area contributed by atoms with Crippen molar-refractivity contribution in [3.8, 4) is 0 Å². The molecule has 0 spiro atoms. The molecule has 7 heteroatoms. The van der Waals surface area contributed by atoms with E-state index < -0.39 is 0 Å². The van der Waals surface area contributed by atoms with Crippen molar-refractivity contribution >= 4 is 17.4 Å². The summed E-state index contributed by atoms with van der Waals surface area (Å²) in [4.78, 5) is 20.4. The molecule has 2 aliphatic heterocycles. The molecule has 0 bridgehead atoms. The van der Waals surface area contributed by atoms with Crippen LogP contribution in [0.4, 0.5) is 0 Å². The third kappa shape index (κ3) is 3.21. The van der Waals surface area contributed by atoms with Crippen LogP contribution in [0.1, 0.15) is 47.5 Å². The largest absolute Gasteiger partial charge is 0.335 e. The lowest BCUT2D eigenvalue weighted by atomic mass is 9.93. The molecule has 0 atom stereocenters. The summed E-state index contributed by atoms with van der Waals surface area (Å²) in [6.07, 6.45) is 7.05. The molecule has 0 N–H and O–H groups in total. The molecule has 132 valence electrons. The zero-order valence-electron chi connectivity index (χ0n) is 14.5. The lowest BCUT2D eigenvalue weighted by Gasteiger charge is -2.49. The monoisotopic (exact) mass is 349 g/mol. The number of aromatic nitrogens is 2. The lowest BCUT2D eigenvalue weighted by molar-refractivity contribution is -0.00246. The van der Waals surface area contributed by atoms with E-state index in [0.29, 0.717) is 10.9 Å². The molecule has 1 aliphatic carbocycles. The number of likely N-dealkylation sites (tertiary alicyclic amines) is 1. The Kier molecular flexibility index (Phi) is 4.83. The molecule has 3 fully saturated rings. The summed E-state index contributed by atoms with van der Waals surface area (Å²) in [7, 11) is 0. The SMILES string of the molecule is Cc1nnsc1C(=O)N1CC(N2CCN(C3CCCCC3)CC2)C1. The Bertz CT molecular complexity index is 571. The molecule has 1 amide bonds. The number of nitrogens with zero attached hydrogens (tertiary/aromatic N) is 5. The van der Waals surface area contributed by atoms with Crippen molar-refractivity contribution in [3.05, 3.63) is 10.6 Å². The predicted molar refractivity (Wildman–Crippen MR) is 94.4 cm³/mol. The third-order valence-electron chi connectivity index (χ3n) is 5.95. The maximum atomic E-state index is 12.4. The standard InChI is InChI=1S/C17H27N5OS/c1-13-16(24-19-18-13)17(23)22-11-15(12-22)21-9-7-20(8-10-21)14-5-3-2-4-6-14/h14-15H,2-12H2,1H3. The van der Waals surface area contributed by atoms with Crippen LogP contribution in [0.3, 0.4) is 0 Å². The van der Waals surface area contributed by atoms with Crippen molar-refractivity contribution in [2.45, 2.75) is 51.1 Å². The highest BCUT2D eigenvalue weighted by atomic mass is 32.1. The Morgan fingerprint density at radius 2 is 1.62 bits per heavy atom. The van der Waals surface area contributed by atoms with E-state index in [1.54, 1.807) is 0 Å². The van der Waals surface area contributed by atoms with Crippen molar-refractivity contribution in [3.63, 3.8) is 0 Å². The fourth-order valence-electron chi connectivity index (χ4n) is 4.34. The van der Waals surface area contributed by atoms with Crippen LogP contribution in [0.2, 0.25) is 0 Å². The van der Waals surface area contributed by atoms with Gasteiger partial charge in [-0.05, 0) is 31.3 Å². The van der Waals surface area contributed by atoms with Crippen molar-refractivity contribution in [1.82, 2.24) is 24.3 Å². The lowest BCUT2D eigenvalue weighted by Crippen LogP contribution is -2.64. The van der Waals surface area contributed by atoms with Crippen LogP contribution >= 0.6 is 11.5 Å². The molecule has 4 rings (SSSR count). The summed E-state index contributed by atoms with van der Waals surface area (Å²) in [5, 5.41) is 3.95. The molecule has 3 heterocycles. The smallest absolute Gasteiger partial charge is 0.267 e. The van der Waals surface area contributed by atoms with Gasteiger partial charge in [-0.15, -0.1) is 5.10 Å². The number of amides is 1. The van der Waals surface area contributed by atoms with Crippen molar-refractivity contribution in [2.75, 3.05) is 39.3 Å². The Morgan fingerprint density at radius 1 is 1.00 bits per heavy atom. The van der Waals surface area contributed by atoms with Gasteiger partial charge in [0.05, 0.1) is 5.69 Å². The average Bonchev–Trinajstić information content (AvgIpc) is 3.01. The first-order valence-corrected chi connectivity index (χ1v) is 10.1. The average molecular weight is 350 g/mol. The summed E-state index contributed by atoms with van der Waals surface area (Å²) in [6.45, 7) is 8.30. The van der Waals surface area contributed by atoms with Crippen molar-refractivity contribution in [1.29, 1.82) is 0 Å². The Hall–Kier alpha value is -1.05. The van der Waals surface area contributed by atoms with Crippen LogP contribution in [-0.4, -0.2) is 81.5 Å². The van der Waals surface area contributed by atoms with E-state index in [2.05, 4.69) is 19.4 Å². The molecular weight excluding hydrogens is 322 g/mol. The van der Waals surface area contributed by atoms with E-state index in [1.165, 1.54) is 56.7 Å². The number of hydrogen-bond acceptors (Lipinski definition) is 6. The van der Waals surface area contributed by atoms with E-state index >= 15 is 0 Å². The topological polar surface area (TPSA) is 52.6 Å². The molecular formula is C17H27N5OS. The first-order valence-electron chi connectivity index (χ1n) is 9.28. The van der Waals surface area contributed by atoms with Crippen LogP contribution in [0.5, 0.6) is 0 Å². The van der Waals surface area contributed by atoms with Crippen LogP contribution in [-0.2, 0) is 0 Å². The van der Waals surface area contributed by atoms with Crippen LogP contribution < -0.4 is 0 Å². The number of carbonyl (C=O) groups excluding carboxylic acids is 1. The van der Waals surface area contributed by atoms with Gasteiger partial charge in [0.2, 0.25) is 0 Å². The second-order valence-electron chi connectivity index (χ2n) is 7.42. The van der Waals surface area contributed by atoms with Gasteiger partial charge in [0, 0.05) is 51.4 Å². The molecule has 6 nitrogen and oxygen atoms in total. The van der Waals surface area contributed by atoms with Gasteiger partial charge >= 0.3 is 0 Å². The second kappa shape index (κ2) is 7.06. The van der Waals surface area contributed by atoms with Gasteiger partial charge in [0.25, 0.3) is 5.91 Å². The van der Waals surface area contributed by atoms with Gasteiger partial charge in [0.15, 0.2) is 0 Å². The summed E-state index contributed by atoms with van der Waals surface area (Å²) < 4.78 is 3.87. The number of hydrogen-bond donors (Lipinski definition) is 0. The Morgan fingerprint density at radius 3 is 2.21 bits per heavy atom. The van der Waals surface area contributed by atoms with Crippen LogP contribution in [0, 0.1) is 6.92 Å². The van der Waals surface area contributed by atoms with Crippen molar-refractivity contribution in [2.24, 2.45) is 0 Å². The highest BCUT2D eigenvalue weighted by Gasteiger charge is 2.38. The predicted octanol–water partition coefficient (Wildman–Crippen LogP) is 1.62. The zero-order chi connectivity index (χ0) is 16.5. The van der Waals surface area contributed by atoms with Gasteiger partial charge in [-0.1, -0.05) is 23.8 Å². The summed E-state index contributed by atoms with van der Waals surface area (Å²) in [6, 6.07) is 1.38. The fourth-order valence-corrected chi connectivity index (χ4v) is 4.96. The molecule has 24 heavy (non-hydrogen) atoms. The maximum Gasteiger partial charge on any atom is 0.267 e. The second-order valence-corrected chi connectivity index (χ2v) is 8.17. The minimum atomic E-state index is 0.111. The Balaban J connectivity index is 1.23. The quantitative estimate of drug-likeness (QED) is 0.830. The van der Waals surface area contributed by atoms with E-state index in [-0.39, 0.29) is 5.91 Å². The minimum absolute atomic E-state index is 0.111. The van der Waals surface area contributed by atoms with E-state index in [9.17, 15) is 4.79 Å². The third-order valence-corrected chi connectivity index (χ3v) is 6.77. The highest BCUT2D eigenvalue weighted by Crippen LogP contribution is 2.26. The maximum absolute atomic E-state index is 12.4. The summed E-state index contributed by atoms with van der Waals surface area (Å²) >= 11 is 1.22.